The number of aromatic nitrogens is 3. The van der Waals surface area contributed by atoms with E-state index in [1.165, 1.54) is 24.4 Å². The second-order valence-corrected chi connectivity index (χ2v) is 8.22. The summed E-state index contributed by atoms with van der Waals surface area (Å²) in [7, 11) is 0. The molecule has 1 fully saturated rings. The Kier molecular flexibility index (Phi) is 6.02. The number of hydrogen-bond donors (Lipinski definition) is 0. The average Bonchev–Trinajstić information content (AvgIpc) is 3.29. The molecule has 3 heterocycles. The summed E-state index contributed by atoms with van der Waals surface area (Å²) in [6.45, 7) is 2.92. The molecule has 5 rings (SSSR count). The maximum atomic E-state index is 13.8. The molecule has 0 saturated carbocycles. The van der Waals surface area contributed by atoms with Crippen molar-refractivity contribution in [2.75, 3.05) is 26.2 Å². The number of nitrogens with zero attached hydrogens (tertiary/aromatic N) is 5. The van der Waals surface area contributed by atoms with Gasteiger partial charge in [-0.05, 0) is 23.8 Å². The molecule has 174 valence electrons. The van der Waals surface area contributed by atoms with E-state index in [2.05, 4.69) is 15.0 Å². The molecule has 6 nitrogen and oxygen atoms in total. The summed E-state index contributed by atoms with van der Waals surface area (Å²) in [4.78, 5) is 21.7. The Bertz CT molecular complexity index is 1300. The molecule has 34 heavy (non-hydrogen) atoms. The fourth-order valence-corrected chi connectivity index (χ4v) is 4.18. The Morgan fingerprint density at radius 3 is 2.35 bits per heavy atom. The van der Waals surface area contributed by atoms with Gasteiger partial charge in [-0.1, -0.05) is 42.5 Å². The number of piperazine rings is 1. The molecule has 1 amide bonds. The lowest BCUT2D eigenvalue weighted by Crippen LogP contribution is -2.48. The molecule has 0 N–H and O–H groups in total. The van der Waals surface area contributed by atoms with Gasteiger partial charge in [-0.15, -0.1) is 0 Å². The Morgan fingerprint density at radius 1 is 0.971 bits per heavy atom. The maximum absolute atomic E-state index is 13.8. The average molecular weight is 465 g/mol. The lowest BCUT2D eigenvalue weighted by molar-refractivity contribution is 0.0630. The number of amides is 1. The summed E-state index contributed by atoms with van der Waals surface area (Å²) in [5.41, 5.74) is 2.05. The van der Waals surface area contributed by atoms with Crippen LogP contribution in [0.15, 0.2) is 66.9 Å². The zero-order valence-electron chi connectivity index (χ0n) is 18.2. The number of rotatable bonds is 5. The zero-order chi connectivity index (χ0) is 23.7. The first-order valence-electron chi connectivity index (χ1n) is 11.0. The number of benzene rings is 2. The standard InChI is InChI=1S/C25H22F3N5O/c26-19-8-6-17(7-9-19)16-31-10-12-32(13-11-31)25(34)20-15-29-33-22(23(27)28)14-21(30-24(20)33)18-4-2-1-3-5-18/h1-9,14-15,23H,10-13,16H2. The van der Waals surface area contributed by atoms with Crippen LogP contribution in [0.2, 0.25) is 0 Å². The number of carbonyl (C=O) groups excluding carboxylic acids is 1. The molecule has 1 saturated heterocycles. The monoisotopic (exact) mass is 465 g/mol. The second-order valence-electron chi connectivity index (χ2n) is 8.22. The molecule has 0 spiro atoms. The quantitative estimate of drug-likeness (QED) is 0.438. The first-order chi connectivity index (χ1) is 16.5. The third kappa shape index (κ3) is 4.38. The van der Waals surface area contributed by atoms with Crippen LogP contribution in [-0.4, -0.2) is 56.5 Å². The Hall–Kier alpha value is -3.72. The van der Waals surface area contributed by atoms with Crippen LogP contribution in [-0.2, 0) is 6.54 Å². The number of hydrogen-bond acceptors (Lipinski definition) is 4. The number of alkyl halides is 2. The van der Waals surface area contributed by atoms with Crippen LogP contribution in [0.5, 0.6) is 0 Å². The van der Waals surface area contributed by atoms with Crippen molar-refractivity contribution in [3.63, 3.8) is 0 Å². The molecule has 0 unspecified atom stereocenters. The van der Waals surface area contributed by atoms with Gasteiger partial charge < -0.3 is 4.90 Å². The van der Waals surface area contributed by atoms with E-state index < -0.39 is 6.43 Å². The number of halogens is 3. The Balaban J connectivity index is 1.37. The van der Waals surface area contributed by atoms with Crippen molar-refractivity contribution in [3.05, 3.63) is 89.5 Å². The van der Waals surface area contributed by atoms with Crippen LogP contribution in [0.4, 0.5) is 13.2 Å². The summed E-state index contributed by atoms with van der Waals surface area (Å²) in [5.74, 6) is -0.555. The highest BCUT2D eigenvalue weighted by Gasteiger charge is 2.27. The van der Waals surface area contributed by atoms with E-state index in [4.69, 9.17) is 0 Å². The molecule has 0 aliphatic carbocycles. The highest BCUT2D eigenvalue weighted by atomic mass is 19.3. The molecule has 4 aromatic rings. The van der Waals surface area contributed by atoms with Crippen molar-refractivity contribution in [2.24, 2.45) is 0 Å². The Labute approximate surface area is 194 Å². The molecule has 9 heteroatoms. The van der Waals surface area contributed by atoms with Gasteiger partial charge in [-0.2, -0.15) is 5.10 Å². The van der Waals surface area contributed by atoms with E-state index >= 15 is 0 Å². The molecule has 0 atom stereocenters. The van der Waals surface area contributed by atoms with Gasteiger partial charge in [0, 0.05) is 38.3 Å². The van der Waals surface area contributed by atoms with E-state index in [-0.39, 0.29) is 28.6 Å². The van der Waals surface area contributed by atoms with Crippen molar-refractivity contribution in [3.8, 4) is 11.3 Å². The second kappa shape index (κ2) is 9.26. The van der Waals surface area contributed by atoms with Crippen molar-refractivity contribution in [1.29, 1.82) is 0 Å². The zero-order valence-corrected chi connectivity index (χ0v) is 18.2. The van der Waals surface area contributed by atoms with E-state index in [9.17, 15) is 18.0 Å². The fraction of sp³-hybridized carbons (Fsp3) is 0.240. The van der Waals surface area contributed by atoms with Crippen molar-refractivity contribution >= 4 is 11.6 Å². The summed E-state index contributed by atoms with van der Waals surface area (Å²) in [6, 6.07) is 16.7. The lowest BCUT2D eigenvalue weighted by Gasteiger charge is -2.34. The smallest absolute Gasteiger partial charge is 0.280 e. The summed E-state index contributed by atoms with van der Waals surface area (Å²) in [5, 5.41) is 4.05. The molecular weight excluding hydrogens is 443 g/mol. The van der Waals surface area contributed by atoms with Gasteiger partial charge >= 0.3 is 0 Å². The van der Waals surface area contributed by atoms with Gasteiger partial charge in [0.25, 0.3) is 12.3 Å². The molecule has 2 aromatic heterocycles. The van der Waals surface area contributed by atoms with Crippen LogP contribution >= 0.6 is 0 Å². The van der Waals surface area contributed by atoms with Gasteiger partial charge in [0.1, 0.15) is 17.1 Å². The molecule has 0 bridgehead atoms. The SMILES string of the molecule is O=C(c1cnn2c(C(F)F)cc(-c3ccccc3)nc12)N1CCN(Cc2ccc(F)cc2)CC1. The predicted molar refractivity (Wildman–Crippen MR) is 121 cm³/mol. The summed E-state index contributed by atoms with van der Waals surface area (Å²) in [6.07, 6.45) is -1.46. The van der Waals surface area contributed by atoms with Crippen molar-refractivity contribution in [2.45, 2.75) is 13.0 Å². The van der Waals surface area contributed by atoms with Gasteiger partial charge in [0.2, 0.25) is 0 Å². The topological polar surface area (TPSA) is 53.7 Å². The minimum absolute atomic E-state index is 0.121. The molecule has 0 radical (unpaired) electrons. The van der Waals surface area contributed by atoms with Crippen LogP contribution < -0.4 is 0 Å². The highest BCUT2D eigenvalue weighted by molar-refractivity contribution is 6.00. The summed E-state index contributed by atoms with van der Waals surface area (Å²) < 4.78 is 41.8. The minimum atomic E-state index is -2.77. The highest BCUT2D eigenvalue weighted by Crippen LogP contribution is 2.27. The largest absolute Gasteiger partial charge is 0.336 e. The van der Waals surface area contributed by atoms with E-state index in [1.807, 2.05) is 6.07 Å². The number of fused-ring (bicyclic) bond motifs is 1. The lowest BCUT2D eigenvalue weighted by atomic mass is 10.1. The fourth-order valence-electron chi connectivity index (χ4n) is 4.18. The Morgan fingerprint density at radius 2 is 1.68 bits per heavy atom. The van der Waals surface area contributed by atoms with Gasteiger partial charge in [-0.25, -0.2) is 22.7 Å². The van der Waals surface area contributed by atoms with Gasteiger partial charge in [-0.3, -0.25) is 9.69 Å². The van der Waals surface area contributed by atoms with Crippen LogP contribution in [0.3, 0.4) is 0 Å². The van der Waals surface area contributed by atoms with Gasteiger partial charge in [0.05, 0.1) is 11.9 Å². The third-order valence-electron chi connectivity index (χ3n) is 6.00. The molecular formula is C25H22F3N5O. The molecule has 1 aliphatic rings. The van der Waals surface area contributed by atoms with Crippen molar-refractivity contribution < 1.29 is 18.0 Å². The molecule has 1 aliphatic heterocycles. The van der Waals surface area contributed by atoms with E-state index in [0.717, 1.165) is 10.1 Å². The van der Waals surface area contributed by atoms with Crippen LogP contribution in [0.1, 0.15) is 28.0 Å². The summed E-state index contributed by atoms with van der Waals surface area (Å²) >= 11 is 0. The number of carbonyl (C=O) groups is 1. The van der Waals surface area contributed by atoms with E-state index in [1.54, 1.807) is 41.3 Å². The normalized spacial score (nSPS) is 14.8. The maximum Gasteiger partial charge on any atom is 0.280 e. The third-order valence-corrected chi connectivity index (χ3v) is 6.00. The van der Waals surface area contributed by atoms with E-state index in [0.29, 0.717) is 44.0 Å². The minimum Gasteiger partial charge on any atom is -0.336 e. The van der Waals surface area contributed by atoms with Crippen molar-refractivity contribution in [1.82, 2.24) is 24.4 Å². The first-order valence-corrected chi connectivity index (χ1v) is 11.0. The molecule has 2 aromatic carbocycles. The van der Waals surface area contributed by atoms with Crippen LogP contribution in [0, 0.1) is 5.82 Å². The predicted octanol–water partition coefficient (Wildman–Crippen LogP) is 4.43. The van der Waals surface area contributed by atoms with Crippen LogP contribution in [0.25, 0.3) is 16.9 Å². The first kappa shape index (κ1) is 22.1. The van der Waals surface area contributed by atoms with Gasteiger partial charge in [0.15, 0.2) is 5.65 Å².